The minimum absolute atomic E-state index is 0.0486. The molecule has 0 spiro atoms. The molecule has 40 heavy (non-hydrogen) atoms. The normalized spacial score (nSPS) is 17.6. The van der Waals surface area contributed by atoms with Crippen molar-refractivity contribution in [2.75, 3.05) is 0 Å². The summed E-state index contributed by atoms with van der Waals surface area (Å²) in [5.74, 6) is 0. The molecule has 198 valence electrons. The van der Waals surface area contributed by atoms with Gasteiger partial charge in [-0.15, -0.1) is 0 Å². The third-order valence-electron chi connectivity index (χ3n) is 8.22. The lowest BCUT2D eigenvalue weighted by atomic mass is 9.81. The summed E-state index contributed by atoms with van der Waals surface area (Å²) in [5.41, 5.74) is 13.4. The lowest BCUT2D eigenvalue weighted by Gasteiger charge is -2.26. The van der Waals surface area contributed by atoms with E-state index in [9.17, 15) is 0 Å². The van der Waals surface area contributed by atoms with E-state index in [2.05, 4.69) is 154 Å². The molecule has 4 aromatic rings. The van der Waals surface area contributed by atoms with Crippen molar-refractivity contribution in [1.29, 1.82) is 0 Å². The summed E-state index contributed by atoms with van der Waals surface area (Å²) in [6.07, 6.45) is 9.60. The van der Waals surface area contributed by atoms with Gasteiger partial charge in [-0.1, -0.05) is 130 Å². The van der Waals surface area contributed by atoms with Crippen LogP contribution in [0, 0.1) is 0 Å². The van der Waals surface area contributed by atoms with E-state index in [4.69, 9.17) is 4.99 Å². The highest BCUT2D eigenvalue weighted by molar-refractivity contribution is 6.13. The van der Waals surface area contributed by atoms with E-state index in [0.29, 0.717) is 0 Å². The van der Waals surface area contributed by atoms with Gasteiger partial charge in [0.05, 0.1) is 5.71 Å². The standard InChI is InChI=1S/C38H36N2/c1-5-7-13-26(6-2)37-39-35(29-20-18-28(19-21-29)27-14-9-8-10-15-27)25-36(40-37)30-22-23-32-31-16-11-12-17-33(31)38(3,4)34(32)24-30/h6-25,37,39H,5H2,1-4H3/b13-7-,26-6+/t37-/m1/s1. The Labute approximate surface area is 238 Å². The third-order valence-corrected chi connectivity index (χ3v) is 8.22. The molecule has 0 aromatic heterocycles. The average molecular weight is 521 g/mol. The second-order valence-electron chi connectivity index (χ2n) is 11.1. The second kappa shape index (κ2) is 10.6. The number of rotatable bonds is 6. The van der Waals surface area contributed by atoms with Gasteiger partial charge < -0.3 is 5.32 Å². The minimum Gasteiger partial charge on any atom is -0.360 e. The van der Waals surface area contributed by atoms with Crippen molar-refractivity contribution in [3.05, 3.63) is 149 Å². The number of fused-ring (bicyclic) bond motifs is 3. The lowest BCUT2D eigenvalue weighted by Crippen LogP contribution is -2.32. The Hall–Kier alpha value is -4.43. The van der Waals surface area contributed by atoms with Crippen LogP contribution in [0.4, 0.5) is 0 Å². The maximum atomic E-state index is 5.25. The summed E-state index contributed by atoms with van der Waals surface area (Å²) in [4.78, 5) is 5.25. The van der Waals surface area contributed by atoms with Gasteiger partial charge in [0, 0.05) is 16.7 Å². The molecule has 0 saturated carbocycles. The van der Waals surface area contributed by atoms with Crippen LogP contribution in [-0.4, -0.2) is 11.9 Å². The lowest BCUT2D eigenvalue weighted by molar-refractivity contribution is 0.660. The van der Waals surface area contributed by atoms with E-state index in [1.165, 1.54) is 39.0 Å². The monoisotopic (exact) mass is 520 g/mol. The fourth-order valence-corrected chi connectivity index (χ4v) is 5.95. The van der Waals surface area contributed by atoms with Crippen LogP contribution in [0.25, 0.3) is 28.0 Å². The third kappa shape index (κ3) is 4.64. The van der Waals surface area contributed by atoms with Crippen LogP contribution in [0.5, 0.6) is 0 Å². The van der Waals surface area contributed by atoms with E-state index in [0.717, 1.165) is 29.0 Å². The summed E-state index contributed by atoms with van der Waals surface area (Å²) in [6, 6.07) is 35.0. The molecule has 4 aromatic carbocycles. The Bertz CT molecular complexity index is 1660. The zero-order valence-corrected chi connectivity index (χ0v) is 23.8. The van der Waals surface area contributed by atoms with Gasteiger partial charge in [-0.3, -0.25) is 4.99 Å². The highest BCUT2D eigenvalue weighted by atomic mass is 15.1. The fraction of sp³-hybridized carbons (Fsp3) is 0.184. The van der Waals surface area contributed by atoms with Crippen LogP contribution >= 0.6 is 0 Å². The summed E-state index contributed by atoms with van der Waals surface area (Å²) in [5, 5.41) is 3.73. The van der Waals surface area contributed by atoms with Gasteiger partial charge >= 0.3 is 0 Å². The summed E-state index contributed by atoms with van der Waals surface area (Å²) >= 11 is 0. The quantitative estimate of drug-likeness (QED) is 0.252. The van der Waals surface area contributed by atoms with Crippen molar-refractivity contribution in [3.8, 4) is 22.3 Å². The van der Waals surface area contributed by atoms with Crippen molar-refractivity contribution in [3.63, 3.8) is 0 Å². The Balaban J connectivity index is 1.42. The number of nitrogens with one attached hydrogen (secondary N) is 1. The van der Waals surface area contributed by atoms with Crippen molar-refractivity contribution in [2.45, 2.75) is 45.7 Å². The van der Waals surface area contributed by atoms with Gasteiger partial charge in [-0.05, 0) is 70.0 Å². The minimum atomic E-state index is -0.157. The number of allylic oxidation sites excluding steroid dienone is 3. The number of nitrogens with zero attached hydrogens (tertiary/aromatic N) is 1. The van der Waals surface area contributed by atoms with Crippen LogP contribution in [-0.2, 0) is 5.41 Å². The first kappa shape index (κ1) is 25.8. The van der Waals surface area contributed by atoms with E-state index in [-0.39, 0.29) is 11.6 Å². The molecule has 1 atom stereocenters. The van der Waals surface area contributed by atoms with E-state index < -0.39 is 0 Å². The molecule has 1 heterocycles. The highest BCUT2D eigenvalue weighted by Gasteiger charge is 2.35. The van der Waals surface area contributed by atoms with Gasteiger partial charge in [0.2, 0.25) is 0 Å². The molecule has 0 amide bonds. The summed E-state index contributed by atoms with van der Waals surface area (Å²) in [7, 11) is 0. The first-order chi connectivity index (χ1) is 19.5. The van der Waals surface area contributed by atoms with E-state index in [1.54, 1.807) is 0 Å². The molecule has 1 aliphatic heterocycles. The summed E-state index contributed by atoms with van der Waals surface area (Å²) in [6.45, 7) is 8.92. The number of hydrogen-bond acceptors (Lipinski definition) is 2. The Morgan fingerprint density at radius 2 is 1.43 bits per heavy atom. The van der Waals surface area contributed by atoms with Crippen molar-refractivity contribution in [1.82, 2.24) is 5.32 Å². The van der Waals surface area contributed by atoms with Crippen LogP contribution in [0.3, 0.4) is 0 Å². The zero-order chi connectivity index (χ0) is 27.7. The largest absolute Gasteiger partial charge is 0.360 e. The smallest absolute Gasteiger partial charge is 0.145 e. The molecule has 0 saturated heterocycles. The first-order valence-corrected chi connectivity index (χ1v) is 14.3. The first-order valence-electron chi connectivity index (χ1n) is 14.3. The molecule has 0 radical (unpaired) electrons. The van der Waals surface area contributed by atoms with Gasteiger partial charge in [-0.25, -0.2) is 0 Å². The van der Waals surface area contributed by atoms with Gasteiger partial charge in [-0.2, -0.15) is 0 Å². The number of aliphatic imine (C=N–C) groups is 1. The zero-order valence-electron chi connectivity index (χ0n) is 23.8. The van der Waals surface area contributed by atoms with Crippen LogP contribution in [0.2, 0.25) is 0 Å². The Morgan fingerprint density at radius 1 is 0.775 bits per heavy atom. The van der Waals surface area contributed by atoms with Crippen LogP contribution in [0.15, 0.2) is 132 Å². The number of benzene rings is 4. The fourth-order valence-electron chi connectivity index (χ4n) is 5.95. The topological polar surface area (TPSA) is 24.4 Å². The molecular weight excluding hydrogens is 484 g/mol. The molecule has 0 fully saturated rings. The predicted octanol–water partition coefficient (Wildman–Crippen LogP) is 9.33. The van der Waals surface area contributed by atoms with Crippen LogP contribution < -0.4 is 5.32 Å². The highest BCUT2D eigenvalue weighted by Crippen LogP contribution is 2.48. The summed E-state index contributed by atoms with van der Waals surface area (Å²) < 4.78 is 0. The van der Waals surface area contributed by atoms with Crippen molar-refractivity contribution in [2.24, 2.45) is 4.99 Å². The van der Waals surface area contributed by atoms with E-state index in [1.807, 2.05) is 0 Å². The molecule has 2 aliphatic rings. The molecule has 2 nitrogen and oxygen atoms in total. The Kier molecular flexibility index (Phi) is 6.86. The second-order valence-corrected chi connectivity index (χ2v) is 11.1. The van der Waals surface area contributed by atoms with Gasteiger partial charge in [0.1, 0.15) is 6.17 Å². The SMILES string of the molecule is C/C=C(\C=C/CC)[C@H]1N=C(c2ccc3c(c2)C(C)(C)c2ccccc2-3)C=C(c2ccc(-c3ccccc3)cc2)N1. The van der Waals surface area contributed by atoms with Crippen LogP contribution in [0.1, 0.15) is 56.4 Å². The molecule has 1 aliphatic carbocycles. The molecule has 1 N–H and O–H groups in total. The van der Waals surface area contributed by atoms with Gasteiger partial charge in [0.25, 0.3) is 0 Å². The Morgan fingerprint density at radius 3 is 2.17 bits per heavy atom. The predicted molar refractivity (Wildman–Crippen MR) is 171 cm³/mol. The molecule has 0 bridgehead atoms. The number of hydrogen-bond donors (Lipinski definition) is 1. The van der Waals surface area contributed by atoms with E-state index >= 15 is 0 Å². The maximum absolute atomic E-state index is 5.25. The van der Waals surface area contributed by atoms with Crippen molar-refractivity contribution >= 4 is 11.4 Å². The molecule has 0 unspecified atom stereocenters. The van der Waals surface area contributed by atoms with Crippen molar-refractivity contribution < 1.29 is 0 Å². The molecular formula is C38H36N2. The molecule has 6 rings (SSSR count). The maximum Gasteiger partial charge on any atom is 0.145 e. The van der Waals surface area contributed by atoms with Gasteiger partial charge in [0.15, 0.2) is 0 Å². The average Bonchev–Trinajstić information content (AvgIpc) is 3.24. The molecule has 2 heteroatoms.